The summed E-state index contributed by atoms with van der Waals surface area (Å²) in [4.78, 5) is 4.97. The monoisotopic (exact) mass is 252 g/mol. The molecule has 17 heavy (non-hydrogen) atoms. The third kappa shape index (κ3) is 2.93. The van der Waals surface area contributed by atoms with Gasteiger partial charge in [0.05, 0.1) is 0 Å². The smallest absolute Gasteiger partial charge is 0.0476 e. The van der Waals surface area contributed by atoms with Crippen LogP contribution >= 0.6 is 11.6 Å². The first-order valence-corrected chi connectivity index (χ1v) is 6.91. The molecule has 1 aliphatic heterocycles. The van der Waals surface area contributed by atoms with Gasteiger partial charge in [0.25, 0.3) is 0 Å². The molecule has 1 aromatic carbocycles. The molecule has 1 fully saturated rings. The Bertz CT molecular complexity index is 370. The highest BCUT2D eigenvalue weighted by Crippen LogP contribution is 2.21. The molecule has 0 aliphatic carbocycles. The van der Waals surface area contributed by atoms with Crippen molar-refractivity contribution < 1.29 is 0 Å². The SMILES string of the molecule is CCN1CCN(c2ccc(CCl)c(C)c2)CC1. The van der Waals surface area contributed by atoms with Crippen molar-refractivity contribution in [3.63, 3.8) is 0 Å². The Balaban J connectivity index is 2.06. The Labute approximate surface area is 109 Å². The topological polar surface area (TPSA) is 6.48 Å². The van der Waals surface area contributed by atoms with Crippen LogP contribution in [0.15, 0.2) is 18.2 Å². The molecule has 3 heteroatoms. The van der Waals surface area contributed by atoms with Crippen molar-refractivity contribution in [1.29, 1.82) is 0 Å². The molecule has 0 amide bonds. The van der Waals surface area contributed by atoms with Crippen molar-refractivity contribution in [2.45, 2.75) is 19.7 Å². The molecule has 94 valence electrons. The number of hydrogen-bond acceptors (Lipinski definition) is 2. The number of anilines is 1. The number of benzene rings is 1. The number of aryl methyl sites for hydroxylation is 1. The molecule has 0 atom stereocenters. The second-order valence-corrected chi connectivity index (χ2v) is 4.93. The third-order valence-electron chi connectivity index (χ3n) is 3.65. The van der Waals surface area contributed by atoms with E-state index < -0.39 is 0 Å². The van der Waals surface area contributed by atoms with Crippen molar-refractivity contribution >= 4 is 17.3 Å². The Kier molecular flexibility index (Phi) is 4.30. The first kappa shape index (κ1) is 12.7. The Morgan fingerprint density at radius 1 is 1.18 bits per heavy atom. The van der Waals surface area contributed by atoms with Gasteiger partial charge in [0, 0.05) is 37.7 Å². The van der Waals surface area contributed by atoms with Gasteiger partial charge < -0.3 is 9.80 Å². The summed E-state index contributed by atoms with van der Waals surface area (Å²) in [5.74, 6) is 0.607. The number of nitrogens with zero attached hydrogens (tertiary/aromatic N) is 2. The van der Waals surface area contributed by atoms with E-state index >= 15 is 0 Å². The number of likely N-dealkylation sites (N-methyl/N-ethyl adjacent to an activating group) is 1. The van der Waals surface area contributed by atoms with Crippen LogP contribution in [0.2, 0.25) is 0 Å². The largest absolute Gasteiger partial charge is 0.369 e. The Morgan fingerprint density at radius 2 is 1.88 bits per heavy atom. The number of rotatable bonds is 3. The van der Waals surface area contributed by atoms with E-state index in [1.807, 2.05) is 0 Å². The average molecular weight is 253 g/mol. The van der Waals surface area contributed by atoms with Gasteiger partial charge >= 0.3 is 0 Å². The van der Waals surface area contributed by atoms with Gasteiger partial charge in [-0.25, -0.2) is 0 Å². The lowest BCUT2D eigenvalue weighted by Crippen LogP contribution is -2.46. The van der Waals surface area contributed by atoms with Crippen molar-refractivity contribution in [2.75, 3.05) is 37.6 Å². The van der Waals surface area contributed by atoms with Crippen LogP contribution in [0.5, 0.6) is 0 Å². The zero-order valence-electron chi connectivity index (χ0n) is 10.7. The molecule has 0 saturated carbocycles. The Hall–Kier alpha value is -0.730. The minimum Gasteiger partial charge on any atom is -0.369 e. The van der Waals surface area contributed by atoms with Crippen molar-refractivity contribution in [1.82, 2.24) is 4.90 Å². The fourth-order valence-electron chi connectivity index (χ4n) is 2.35. The second kappa shape index (κ2) is 5.74. The fraction of sp³-hybridized carbons (Fsp3) is 0.571. The van der Waals surface area contributed by atoms with Crippen LogP contribution < -0.4 is 4.90 Å². The van der Waals surface area contributed by atoms with Crippen LogP contribution in [-0.4, -0.2) is 37.6 Å². The minimum absolute atomic E-state index is 0.607. The molecule has 1 aromatic rings. The van der Waals surface area contributed by atoms with E-state index in [1.165, 1.54) is 29.9 Å². The summed E-state index contributed by atoms with van der Waals surface area (Å²) in [7, 11) is 0. The van der Waals surface area contributed by atoms with Gasteiger partial charge in [-0.2, -0.15) is 0 Å². The molecule has 2 rings (SSSR count). The molecular formula is C14H21ClN2. The van der Waals surface area contributed by atoms with Gasteiger partial charge in [0.1, 0.15) is 0 Å². The second-order valence-electron chi connectivity index (χ2n) is 4.67. The van der Waals surface area contributed by atoms with E-state index in [2.05, 4.69) is 41.8 Å². The maximum absolute atomic E-state index is 5.89. The standard InChI is InChI=1S/C14H21ClN2/c1-3-16-6-8-17(9-7-16)14-5-4-13(11-15)12(2)10-14/h4-5,10H,3,6-9,11H2,1-2H3. The molecular weight excluding hydrogens is 232 g/mol. The van der Waals surface area contributed by atoms with Crippen LogP contribution in [0.25, 0.3) is 0 Å². The number of piperazine rings is 1. The predicted molar refractivity (Wildman–Crippen MR) is 75.1 cm³/mol. The zero-order valence-corrected chi connectivity index (χ0v) is 11.5. The summed E-state index contributed by atoms with van der Waals surface area (Å²) in [5.41, 5.74) is 3.88. The van der Waals surface area contributed by atoms with Crippen molar-refractivity contribution in [3.05, 3.63) is 29.3 Å². The average Bonchev–Trinajstić information content (AvgIpc) is 2.39. The highest BCUT2D eigenvalue weighted by Gasteiger charge is 2.15. The Morgan fingerprint density at radius 3 is 2.41 bits per heavy atom. The number of halogens is 1. The molecule has 0 N–H and O–H groups in total. The third-order valence-corrected chi connectivity index (χ3v) is 3.94. The maximum Gasteiger partial charge on any atom is 0.0476 e. The van der Waals surface area contributed by atoms with Gasteiger partial charge in [-0.05, 0) is 36.7 Å². The summed E-state index contributed by atoms with van der Waals surface area (Å²) < 4.78 is 0. The number of alkyl halides is 1. The van der Waals surface area contributed by atoms with Crippen LogP contribution in [0.4, 0.5) is 5.69 Å². The summed E-state index contributed by atoms with van der Waals surface area (Å²) in [6, 6.07) is 6.62. The molecule has 0 radical (unpaired) electrons. The van der Waals surface area contributed by atoms with Crippen LogP contribution in [0, 0.1) is 6.92 Å². The van der Waals surface area contributed by atoms with Crippen LogP contribution in [-0.2, 0) is 5.88 Å². The summed E-state index contributed by atoms with van der Waals surface area (Å²) >= 11 is 5.89. The van der Waals surface area contributed by atoms with E-state index in [0.29, 0.717) is 5.88 Å². The molecule has 0 spiro atoms. The van der Waals surface area contributed by atoms with Gasteiger partial charge in [0.2, 0.25) is 0 Å². The first-order chi connectivity index (χ1) is 8.24. The molecule has 0 bridgehead atoms. The van der Waals surface area contributed by atoms with Crippen molar-refractivity contribution in [3.8, 4) is 0 Å². The summed E-state index contributed by atoms with van der Waals surface area (Å²) in [5, 5.41) is 0. The predicted octanol–water partition coefficient (Wildman–Crippen LogP) is 2.88. The van der Waals surface area contributed by atoms with Gasteiger partial charge in [-0.1, -0.05) is 13.0 Å². The van der Waals surface area contributed by atoms with Gasteiger partial charge in [0.15, 0.2) is 0 Å². The van der Waals surface area contributed by atoms with Gasteiger partial charge in [-0.15, -0.1) is 11.6 Å². The molecule has 0 aromatic heterocycles. The summed E-state index contributed by atoms with van der Waals surface area (Å²) in [6.07, 6.45) is 0. The zero-order chi connectivity index (χ0) is 12.3. The van der Waals surface area contributed by atoms with Gasteiger partial charge in [-0.3, -0.25) is 0 Å². The van der Waals surface area contributed by atoms with Crippen LogP contribution in [0.1, 0.15) is 18.1 Å². The van der Waals surface area contributed by atoms with Crippen molar-refractivity contribution in [2.24, 2.45) is 0 Å². The fourth-order valence-corrected chi connectivity index (χ4v) is 2.65. The molecule has 0 unspecified atom stereocenters. The normalized spacial score (nSPS) is 17.5. The van der Waals surface area contributed by atoms with E-state index in [9.17, 15) is 0 Å². The lowest BCUT2D eigenvalue weighted by Gasteiger charge is -2.35. The highest BCUT2D eigenvalue weighted by atomic mass is 35.5. The number of hydrogen-bond donors (Lipinski definition) is 0. The van der Waals surface area contributed by atoms with Crippen LogP contribution in [0.3, 0.4) is 0 Å². The van der Waals surface area contributed by atoms with E-state index in [0.717, 1.165) is 19.6 Å². The lowest BCUT2D eigenvalue weighted by atomic mass is 10.1. The quantitative estimate of drug-likeness (QED) is 0.764. The highest BCUT2D eigenvalue weighted by molar-refractivity contribution is 6.17. The van der Waals surface area contributed by atoms with E-state index in [-0.39, 0.29) is 0 Å². The van der Waals surface area contributed by atoms with E-state index in [1.54, 1.807) is 0 Å². The minimum atomic E-state index is 0.607. The molecule has 1 aliphatic rings. The molecule has 2 nitrogen and oxygen atoms in total. The molecule has 1 heterocycles. The molecule has 1 saturated heterocycles. The summed E-state index contributed by atoms with van der Waals surface area (Å²) in [6.45, 7) is 10.2. The maximum atomic E-state index is 5.89. The van der Waals surface area contributed by atoms with E-state index in [4.69, 9.17) is 11.6 Å². The lowest BCUT2D eigenvalue weighted by molar-refractivity contribution is 0.271. The first-order valence-electron chi connectivity index (χ1n) is 6.37.